The van der Waals surface area contributed by atoms with Gasteiger partial charge in [-0.05, 0) is 36.1 Å². The maximum Gasteiger partial charge on any atom is 0.262 e. The minimum absolute atomic E-state index is 0.124. The number of thiol groups is 1. The zero-order valence-corrected chi connectivity index (χ0v) is 24.4. The summed E-state index contributed by atoms with van der Waals surface area (Å²) in [6.07, 6.45) is 1.95. The lowest BCUT2D eigenvalue weighted by Gasteiger charge is -2.33. The molecule has 4 N–H and O–H groups in total. The van der Waals surface area contributed by atoms with Crippen molar-refractivity contribution in [1.82, 2.24) is 15.4 Å². The van der Waals surface area contributed by atoms with Crippen LogP contribution in [0, 0.1) is 11.7 Å². The van der Waals surface area contributed by atoms with Crippen molar-refractivity contribution in [2.24, 2.45) is 5.92 Å². The summed E-state index contributed by atoms with van der Waals surface area (Å²) >= 11 is 11.1. The van der Waals surface area contributed by atoms with Crippen LogP contribution in [-0.2, 0) is 26.0 Å². The number of alkyl halides is 1. The number of benzene rings is 2. The first-order valence-corrected chi connectivity index (χ1v) is 15.2. The third-order valence-electron chi connectivity index (χ3n) is 6.44. The monoisotopic (exact) mass is 609 g/mol. The molecule has 3 atom stereocenters. The van der Waals surface area contributed by atoms with Crippen molar-refractivity contribution in [3.05, 3.63) is 89.3 Å². The van der Waals surface area contributed by atoms with E-state index < -0.39 is 32.2 Å². The first kappa shape index (κ1) is 31.8. The highest BCUT2D eigenvalue weighted by molar-refractivity contribution is 7.93. The Balaban J connectivity index is 1.62. The molecule has 0 saturated heterocycles. The molecule has 0 aromatic heterocycles. The number of carbonyl (C=O) groups is 2. The van der Waals surface area contributed by atoms with Gasteiger partial charge in [0.1, 0.15) is 11.9 Å². The number of hydrogen-bond acceptors (Lipinski definition) is 7. The average molecular weight is 610 g/mol. The molecule has 0 spiro atoms. The number of allylic oxidation sites excluding steroid dienone is 2. The quantitative estimate of drug-likeness (QED) is 0.135. The van der Waals surface area contributed by atoms with Gasteiger partial charge in [-0.2, -0.15) is 12.6 Å². The van der Waals surface area contributed by atoms with E-state index in [9.17, 15) is 27.5 Å². The molecular weight excluding hydrogens is 577 g/mol. The van der Waals surface area contributed by atoms with Crippen LogP contribution in [0.2, 0.25) is 0 Å². The Morgan fingerprint density at radius 3 is 2.40 bits per heavy atom. The van der Waals surface area contributed by atoms with Crippen LogP contribution in [0.25, 0.3) is 5.57 Å². The lowest BCUT2D eigenvalue weighted by molar-refractivity contribution is -0.126. The largest absolute Gasteiger partial charge is 0.384 e. The Bertz CT molecular complexity index is 1370. The summed E-state index contributed by atoms with van der Waals surface area (Å²) in [4.78, 5) is 24.6. The Hall–Kier alpha value is -2.70. The number of aliphatic hydroxyl groups is 1. The zero-order valence-electron chi connectivity index (χ0n) is 21.9. The predicted octanol–water partition coefficient (Wildman–Crippen LogP) is 2.80. The van der Waals surface area contributed by atoms with E-state index in [1.807, 2.05) is 4.72 Å². The van der Waals surface area contributed by atoms with Crippen LogP contribution in [0.5, 0.6) is 0 Å². The Morgan fingerprint density at radius 2 is 1.75 bits per heavy atom. The third-order valence-corrected chi connectivity index (χ3v) is 9.51. The molecule has 2 aromatic carbocycles. The summed E-state index contributed by atoms with van der Waals surface area (Å²) in [6, 6.07) is 15.0. The van der Waals surface area contributed by atoms with E-state index in [1.165, 1.54) is 6.07 Å². The molecule has 1 aliphatic carbocycles. The van der Waals surface area contributed by atoms with Crippen molar-refractivity contribution < 1.29 is 27.5 Å². The van der Waals surface area contributed by atoms with Gasteiger partial charge in [0, 0.05) is 31.8 Å². The maximum absolute atomic E-state index is 14.0. The standard InChI is InChI=1S/C28H33ClFN3O5S2/c1-19(34)26(35)33-40(37,38)28(29)16-20(11-12-24(28)21-7-3-2-4-8-21)17-31-13-14-32-27(36)23(18-39)15-22-9-5-6-10-25(22)30/h2-12,19,23,31,34,39H,13-18H2,1H3,(H,32,36)(H,33,35)/t19-,23+,28?/m0/s1. The molecule has 40 heavy (non-hydrogen) atoms. The van der Waals surface area contributed by atoms with E-state index in [0.29, 0.717) is 28.8 Å². The molecule has 12 heteroatoms. The summed E-state index contributed by atoms with van der Waals surface area (Å²) < 4.78 is 40.5. The molecular formula is C28H33ClFN3O5S2. The first-order chi connectivity index (χ1) is 19.0. The number of sulfonamides is 1. The molecule has 0 saturated carbocycles. The molecule has 0 aliphatic heterocycles. The Labute approximate surface area is 244 Å². The molecule has 2 amide bonds. The summed E-state index contributed by atoms with van der Waals surface area (Å²) in [5.74, 6) is -1.92. The molecule has 216 valence electrons. The molecule has 0 heterocycles. The van der Waals surface area contributed by atoms with E-state index in [2.05, 4.69) is 23.3 Å². The van der Waals surface area contributed by atoms with Gasteiger partial charge in [-0.3, -0.25) is 9.59 Å². The van der Waals surface area contributed by atoms with Crippen LogP contribution in [0.15, 0.2) is 72.3 Å². The molecule has 0 radical (unpaired) electrons. The number of amides is 2. The minimum Gasteiger partial charge on any atom is -0.384 e. The van der Waals surface area contributed by atoms with Gasteiger partial charge >= 0.3 is 0 Å². The second kappa shape index (κ2) is 14.3. The first-order valence-electron chi connectivity index (χ1n) is 12.7. The van der Waals surface area contributed by atoms with E-state index in [1.54, 1.807) is 60.7 Å². The van der Waals surface area contributed by atoms with Gasteiger partial charge in [0.15, 0.2) is 4.21 Å². The lowest BCUT2D eigenvalue weighted by atomic mass is 9.92. The predicted molar refractivity (Wildman–Crippen MR) is 158 cm³/mol. The number of halogens is 2. The average Bonchev–Trinajstić information content (AvgIpc) is 2.92. The van der Waals surface area contributed by atoms with Gasteiger partial charge in [-0.15, -0.1) is 0 Å². The topological polar surface area (TPSA) is 125 Å². The highest BCUT2D eigenvalue weighted by atomic mass is 35.5. The van der Waals surface area contributed by atoms with Crippen LogP contribution in [0.1, 0.15) is 24.5 Å². The van der Waals surface area contributed by atoms with E-state index in [-0.39, 0.29) is 43.4 Å². The van der Waals surface area contributed by atoms with E-state index in [4.69, 9.17) is 11.6 Å². The van der Waals surface area contributed by atoms with Crippen molar-refractivity contribution >= 4 is 51.6 Å². The summed E-state index contributed by atoms with van der Waals surface area (Å²) in [6.45, 7) is 2.09. The highest BCUT2D eigenvalue weighted by Crippen LogP contribution is 2.45. The van der Waals surface area contributed by atoms with Crippen molar-refractivity contribution in [3.8, 4) is 0 Å². The number of nitrogens with one attached hydrogen (secondary N) is 3. The van der Waals surface area contributed by atoms with Crippen LogP contribution in [-0.4, -0.2) is 61.0 Å². The molecule has 0 bridgehead atoms. The fraction of sp³-hybridized carbons (Fsp3) is 0.357. The van der Waals surface area contributed by atoms with Gasteiger partial charge in [0.2, 0.25) is 5.91 Å². The highest BCUT2D eigenvalue weighted by Gasteiger charge is 2.48. The fourth-order valence-electron chi connectivity index (χ4n) is 4.20. The molecule has 0 fully saturated rings. The van der Waals surface area contributed by atoms with Gasteiger partial charge in [-0.25, -0.2) is 17.5 Å². The lowest BCUT2D eigenvalue weighted by Crippen LogP contribution is -2.49. The van der Waals surface area contributed by atoms with Crippen molar-refractivity contribution in [2.75, 3.05) is 25.4 Å². The molecule has 8 nitrogen and oxygen atoms in total. The number of aliphatic hydroxyl groups excluding tert-OH is 1. The summed E-state index contributed by atoms with van der Waals surface area (Å²) in [5, 5.41) is 15.5. The molecule has 1 aliphatic rings. The molecule has 1 unspecified atom stereocenters. The van der Waals surface area contributed by atoms with Crippen LogP contribution < -0.4 is 15.4 Å². The Kier molecular flexibility index (Phi) is 11.4. The number of carbonyl (C=O) groups excluding carboxylic acids is 2. The van der Waals surface area contributed by atoms with E-state index in [0.717, 1.165) is 6.92 Å². The second-order valence-corrected chi connectivity index (χ2v) is 12.6. The third kappa shape index (κ3) is 7.94. The Morgan fingerprint density at radius 1 is 1.07 bits per heavy atom. The van der Waals surface area contributed by atoms with Gasteiger partial charge < -0.3 is 15.7 Å². The number of rotatable bonds is 13. The summed E-state index contributed by atoms with van der Waals surface area (Å²) in [5.41, 5.74) is 1.98. The van der Waals surface area contributed by atoms with Crippen LogP contribution in [0.3, 0.4) is 0 Å². The number of hydrogen-bond donors (Lipinski definition) is 5. The van der Waals surface area contributed by atoms with E-state index >= 15 is 0 Å². The maximum atomic E-state index is 14.0. The van der Waals surface area contributed by atoms with Crippen molar-refractivity contribution in [1.29, 1.82) is 0 Å². The van der Waals surface area contributed by atoms with Crippen molar-refractivity contribution in [2.45, 2.75) is 30.1 Å². The minimum atomic E-state index is -4.47. The smallest absolute Gasteiger partial charge is 0.262 e. The molecule has 3 rings (SSSR count). The van der Waals surface area contributed by atoms with Crippen molar-refractivity contribution in [3.63, 3.8) is 0 Å². The van der Waals surface area contributed by atoms with Gasteiger partial charge in [0.25, 0.3) is 15.9 Å². The summed E-state index contributed by atoms with van der Waals surface area (Å²) in [7, 11) is -4.47. The van der Waals surface area contributed by atoms with Gasteiger partial charge in [-0.1, -0.05) is 77.9 Å². The second-order valence-electron chi connectivity index (χ2n) is 9.47. The molecule has 2 aromatic rings. The SMILES string of the molecule is C[C@H](O)C(=O)NS(=O)(=O)C1(Cl)CC(CNCCNC(=O)[C@@H](CS)Cc2ccccc2F)=CC=C1c1ccccc1. The zero-order chi connectivity index (χ0) is 29.3. The van der Waals surface area contributed by atoms with Crippen LogP contribution >= 0.6 is 24.2 Å². The fourth-order valence-corrected chi connectivity index (χ4v) is 6.40. The normalized spacial score (nSPS) is 18.7. The van der Waals surface area contributed by atoms with Crippen LogP contribution in [0.4, 0.5) is 4.39 Å². The van der Waals surface area contributed by atoms with Gasteiger partial charge in [0.05, 0.1) is 5.92 Å².